The van der Waals surface area contributed by atoms with E-state index in [1.807, 2.05) is 5.48 Å². The summed E-state index contributed by atoms with van der Waals surface area (Å²) in [5, 5.41) is 39.4. The summed E-state index contributed by atoms with van der Waals surface area (Å²) in [6.07, 6.45) is -0.497. The second kappa shape index (κ2) is 14.8. The number of carbonyl (C=O) groups excluding carboxylic acids is 2. The van der Waals surface area contributed by atoms with Gasteiger partial charge in [0.05, 0.1) is 18.0 Å². The Kier molecular flexibility index (Phi) is 11.6. The van der Waals surface area contributed by atoms with Crippen LogP contribution in [0.1, 0.15) is 34.8 Å². The molecule has 0 saturated carbocycles. The Balaban J connectivity index is 2.26. The zero-order valence-electron chi connectivity index (χ0n) is 21.4. The molecule has 2 aromatic rings. The smallest absolute Gasteiger partial charge is 0.341 e. The number of rotatable bonds is 15. The van der Waals surface area contributed by atoms with Crippen molar-refractivity contribution in [1.82, 2.24) is 10.8 Å². The van der Waals surface area contributed by atoms with Crippen LogP contribution in [-0.4, -0.2) is 74.8 Å². The van der Waals surface area contributed by atoms with Crippen molar-refractivity contribution in [2.45, 2.75) is 38.3 Å². The lowest BCUT2D eigenvalue weighted by atomic mass is 9.98. The maximum Gasteiger partial charge on any atom is 0.341 e. The number of carbonyl (C=O) groups is 5. The lowest BCUT2D eigenvalue weighted by Gasteiger charge is -2.23. The highest BCUT2D eigenvalue weighted by molar-refractivity contribution is 5.94. The van der Waals surface area contributed by atoms with E-state index in [0.717, 1.165) is 5.56 Å². The third kappa shape index (κ3) is 10.1. The van der Waals surface area contributed by atoms with E-state index in [-0.39, 0.29) is 24.2 Å². The molecule has 0 spiro atoms. The maximum absolute atomic E-state index is 13.1. The summed E-state index contributed by atoms with van der Waals surface area (Å²) in [6, 6.07) is 9.56. The predicted molar refractivity (Wildman–Crippen MR) is 139 cm³/mol. The number of carboxylic acid groups (broad SMARTS) is 3. The van der Waals surface area contributed by atoms with Gasteiger partial charge in [0.15, 0.2) is 6.61 Å². The van der Waals surface area contributed by atoms with E-state index in [9.17, 15) is 29.2 Å². The quantitative estimate of drug-likeness (QED) is 0.0900. The molecule has 2 rings (SSSR count). The van der Waals surface area contributed by atoms with Crippen LogP contribution in [0.2, 0.25) is 0 Å². The topological polar surface area (TPSA) is 238 Å². The van der Waals surface area contributed by atoms with Crippen LogP contribution in [0.15, 0.2) is 53.5 Å². The lowest BCUT2D eigenvalue weighted by Crippen LogP contribution is -2.50. The number of ether oxygens (including phenoxy) is 1. The molecule has 2 aromatic carbocycles. The molecule has 14 heteroatoms. The van der Waals surface area contributed by atoms with E-state index >= 15 is 0 Å². The standard InChI is InChI=1S/C26H30N4O10/c1-14(10-15-4-8-18(9-5-15)40-13-22(33)34)25(36)29-20(11-16-2-6-17(7-3-16)26(37)38)24(30-39)28-19(23(27)35)12-21(31)32/h2-9,14,19-20,39H,10-13H2,1H3,(H2,27,35)(H,28,30)(H,29,36)(H,31,32)(H,33,34)(H,37,38)/t14-,19-,20-/m0/s1. The average molecular weight is 559 g/mol. The van der Waals surface area contributed by atoms with E-state index in [4.69, 9.17) is 25.8 Å². The monoisotopic (exact) mass is 558 g/mol. The lowest BCUT2D eigenvalue weighted by molar-refractivity contribution is -0.139. The fraction of sp³-hybridized carbons (Fsp3) is 0.308. The fourth-order valence-corrected chi connectivity index (χ4v) is 3.60. The van der Waals surface area contributed by atoms with Crippen LogP contribution in [0.5, 0.6) is 5.75 Å². The third-order valence-electron chi connectivity index (χ3n) is 5.67. The summed E-state index contributed by atoms with van der Waals surface area (Å²) in [6.45, 7) is 1.15. The highest BCUT2D eigenvalue weighted by atomic mass is 16.5. The van der Waals surface area contributed by atoms with Gasteiger partial charge in [-0.15, -0.1) is 0 Å². The molecule has 0 radical (unpaired) electrons. The van der Waals surface area contributed by atoms with Gasteiger partial charge in [0, 0.05) is 5.92 Å². The average Bonchev–Trinajstić information content (AvgIpc) is 2.90. The van der Waals surface area contributed by atoms with Crippen molar-refractivity contribution >= 4 is 35.6 Å². The van der Waals surface area contributed by atoms with Crippen LogP contribution in [0.4, 0.5) is 0 Å². The maximum atomic E-state index is 13.1. The van der Waals surface area contributed by atoms with Crippen LogP contribution in [0, 0.1) is 5.92 Å². The molecule has 0 bridgehead atoms. The second-order valence-electron chi connectivity index (χ2n) is 8.84. The number of hydrogen-bond donors (Lipinski definition) is 7. The summed E-state index contributed by atoms with van der Waals surface area (Å²) in [4.78, 5) is 61.8. The first-order valence-electron chi connectivity index (χ1n) is 11.9. The van der Waals surface area contributed by atoms with E-state index in [2.05, 4.69) is 10.3 Å². The predicted octanol–water partition coefficient (Wildman–Crippen LogP) is 0.460. The minimum atomic E-state index is -1.54. The minimum Gasteiger partial charge on any atom is -0.482 e. The van der Waals surface area contributed by atoms with Crippen molar-refractivity contribution in [2.75, 3.05) is 6.61 Å². The highest BCUT2D eigenvalue weighted by Gasteiger charge is 2.26. The van der Waals surface area contributed by atoms with E-state index in [1.165, 1.54) is 24.3 Å². The van der Waals surface area contributed by atoms with Crippen molar-refractivity contribution in [1.29, 1.82) is 0 Å². The third-order valence-corrected chi connectivity index (χ3v) is 5.67. The van der Waals surface area contributed by atoms with Gasteiger partial charge in [-0.05, 0) is 48.2 Å². The molecule has 0 fully saturated rings. The molecule has 0 aromatic heterocycles. The number of aliphatic carboxylic acids is 2. The molecule has 2 amide bonds. The Bertz CT molecular complexity index is 1250. The second-order valence-corrected chi connectivity index (χ2v) is 8.84. The zero-order valence-corrected chi connectivity index (χ0v) is 21.4. The molecule has 0 aliphatic carbocycles. The normalized spacial score (nSPS) is 13.4. The molecule has 8 N–H and O–H groups in total. The van der Waals surface area contributed by atoms with Crippen LogP contribution in [0.3, 0.4) is 0 Å². The summed E-state index contributed by atoms with van der Waals surface area (Å²) >= 11 is 0. The highest BCUT2D eigenvalue weighted by Crippen LogP contribution is 2.16. The molecule has 40 heavy (non-hydrogen) atoms. The Morgan fingerprint density at radius 3 is 1.98 bits per heavy atom. The Morgan fingerprint density at radius 2 is 1.48 bits per heavy atom. The van der Waals surface area contributed by atoms with Crippen molar-refractivity contribution in [3.63, 3.8) is 0 Å². The number of nitrogens with two attached hydrogens (primary N) is 1. The Hall–Kier alpha value is -4.98. The van der Waals surface area contributed by atoms with Gasteiger partial charge in [0.2, 0.25) is 11.8 Å². The largest absolute Gasteiger partial charge is 0.482 e. The first kappa shape index (κ1) is 31.2. The molecule has 0 unspecified atom stereocenters. The van der Waals surface area contributed by atoms with Crippen LogP contribution >= 0.6 is 0 Å². The molecule has 214 valence electrons. The molecular formula is C26H30N4O10. The van der Waals surface area contributed by atoms with Gasteiger partial charge in [-0.1, -0.05) is 31.2 Å². The summed E-state index contributed by atoms with van der Waals surface area (Å²) in [5.74, 6) is -5.75. The van der Waals surface area contributed by atoms with Gasteiger partial charge in [0.25, 0.3) is 0 Å². The molecular weight excluding hydrogens is 528 g/mol. The molecule has 3 atom stereocenters. The molecule has 0 aliphatic heterocycles. The number of nitrogens with zero attached hydrogens (tertiary/aromatic N) is 1. The van der Waals surface area contributed by atoms with Gasteiger partial charge >= 0.3 is 17.9 Å². The fourth-order valence-electron chi connectivity index (χ4n) is 3.60. The van der Waals surface area contributed by atoms with Gasteiger partial charge in [-0.3, -0.25) is 30.1 Å². The molecule has 14 nitrogen and oxygen atoms in total. The van der Waals surface area contributed by atoms with Gasteiger partial charge < -0.3 is 31.1 Å². The Labute approximate surface area is 228 Å². The number of amides is 2. The number of aromatic carboxylic acids is 1. The minimum absolute atomic E-state index is 0.0150. The SMILES string of the molecule is C[C@@H](Cc1ccc(OCC(=O)O)cc1)C(=O)N[C@@H](Cc1ccc(C(=O)O)cc1)C(=N[C@@H](CC(=O)O)C(N)=O)NO. The number of aliphatic imine (C=N–C) groups is 1. The number of carboxylic acids is 3. The number of hydroxylamine groups is 1. The first-order chi connectivity index (χ1) is 18.9. The van der Waals surface area contributed by atoms with Gasteiger partial charge in [0.1, 0.15) is 17.6 Å². The van der Waals surface area contributed by atoms with Crippen LogP contribution in [0.25, 0.3) is 0 Å². The van der Waals surface area contributed by atoms with Gasteiger partial charge in [-0.2, -0.15) is 0 Å². The summed E-state index contributed by atoms with van der Waals surface area (Å²) in [5.41, 5.74) is 8.40. The van der Waals surface area contributed by atoms with Crippen molar-refractivity contribution < 1.29 is 49.2 Å². The number of nitrogens with one attached hydrogen (secondary N) is 2. The first-order valence-corrected chi connectivity index (χ1v) is 11.9. The molecule has 0 aliphatic rings. The molecule has 0 heterocycles. The summed E-state index contributed by atoms with van der Waals surface area (Å²) < 4.78 is 5.09. The van der Waals surface area contributed by atoms with Crippen molar-refractivity contribution in [3.05, 3.63) is 65.2 Å². The van der Waals surface area contributed by atoms with Crippen LogP contribution < -0.4 is 21.3 Å². The molecule has 0 saturated heterocycles. The van der Waals surface area contributed by atoms with Gasteiger partial charge in [-0.25, -0.2) is 9.59 Å². The zero-order chi connectivity index (χ0) is 29.8. The van der Waals surface area contributed by atoms with E-state index in [0.29, 0.717) is 11.3 Å². The number of amidine groups is 1. The summed E-state index contributed by atoms with van der Waals surface area (Å²) in [7, 11) is 0. The van der Waals surface area contributed by atoms with E-state index < -0.39 is 60.8 Å². The number of primary amides is 1. The van der Waals surface area contributed by atoms with Crippen LogP contribution in [-0.2, 0) is 32.0 Å². The van der Waals surface area contributed by atoms with Crippen molar-refractivity contribution in [3.8, 4) is 5.75 Å². The number of benzene rings is 2. The van der Waals surface area contributed by atoms with E-state index in [1.54, 1.807) is 31.2 Å². The number of hydrogen-bond acceptors (Lipinski definition) is 8. The van der Waals surface area contributed by atoms with Crippen molar-refractivity contribution in [2.24, 2.45) is 16.6 Å². The Morgan fingerprint density at radius 1 is 0.900 bits per heavy atom.